The van der Waals surface area contributed by atoms with E-state index < -0.39 is 12.0 Å². The highest BCUT2D eigenvalue weighted by atomic mass is 16.4. The predicted molar refractivity (Wildman–Crippen MR) is 83.6 cm³/mol. The van der Waals surface area contributed by atoms with Gasteiger partial charge in [-0.25, -0.2) is 4.79 Å². The van der Waals surface area contributed by atoms with Gasteiger partial charge in [-0.3, -0.25) is 4.79 Å². The number of hydrogen-bond donors (Lipinski definition) is 3. The maximum Gasteiger partial charge on any atom is 0.326 e. The number of para-hydroxylation sites is 1. The monoisotopic (exact) mass is 300 g/mol. The summed E-state index contributed by atoms with van der Waals surface area (Å²) in [6.07, 6.45) is 2.88. The molecule has 1 aliphatic rings. The van der Waals surface area contributed by atoms with Crippen LogP contribution in [0, 0.1) is 12.8 Å². The number of aliphatic carboxylic acids is 1. The Bertz CT molecular complexity index is 716. The molecular weight excluding hydrogens is 280 g/mol. The van der Waals surface area contributed by atoms with Gasteiger partial charge in [0.1, 0.15) is 6.04 Å². The van der Waals surface area contributed by atoms with E-state index in [1.54, 1.807) is 0 Å². The average molecular weight is 300 g/mol. The molecule has 0 aliphatic heterocycles. The van der Waals surface area contributed by atoms with Crippen LogP contribution < -0.4 is 5.32 Å². The van der Waals surface area contributed by atoms with Crippen LogP contribution in [0.15, 0.2) is 24.3 Å². The minimum absolute atomic E-state index is 0.199. The van der Waals surface area contributed by atoms with Crippen molar-refractivity contribution >= 4 is 22.8 Å². The molecule has 3 rings (SSSR count). The third-order valence-electron chi connectivity index (χ3n) is 4.26. The number of carbonyl (C=O) groups excluding carboxylic acids is 1. The summed E-state index contributed by atoms with van der Waals surface area (Å²) >= 11 is 0. The first-order valence-electron chi connectivity index (χ1n) is 7.63. The van der Waals surface area contributed by atoms with Crippen molar-refractivity contribution in [2.24, 2.45) is 5.92 Å². The lowest BCUT2D eigenvalue weighted by Crippen LogP contribution is -2.41. The summed E-state index contributed by atoms with van der Waals surface area (Å²) in [6.45, 7) is 1.93. The molecule has 1 aliphatic carbocycles. The number of aryl methyl sites for hydroxylation is 1. The maximum atomic E-state index is 12.2. The van der Waals surface area contributed by atoms with Gasteiger partial charge in [-0.15, -0.1) is 0 Å². The first kappa shape index (κ1) is 14.6. The van der Waals surface area contributed by atoms with Gasteiger partial charge in [-0.05, 0) is 30.9 Å². The van der Waals surface area contributed by atoms with E-state index in [0.717, 1.165) is 35.0 Å². The summed E-state index contributed by atoms with van der Waals surface area (Å²) in [4.78, 5) is 26.7. The molecule has 0 radical (unpaired) electrons. The first-order valence-corrected chi connectivity index (χ1v) is 7.63. The number of benzene rings is 1. The summed E-state index contributed by atoms with van der Waals surface area (Å²) in [7, 11) is 0. The second-order valence-corrected chi connectivity index (χ2v) is 6.09. The molecule has 1 heterocycles. The minimum atomic E-state index is -0.948. The molecule has 0 bridgehead atoms. The zero-order valence-corrected chi connectivity index (χ0v) is 12.6. The number of fused-ring (bicyclic) bond motifs is 1. The number of hydrogen-bond acceptors (Lipinski definition) is 2. The van der Waals surface area contributed by atoms with Gasteiger partial charge in [0.2, 0.25) is 5.91 Å². The van der Waals surface area contributed by atoms with Crippen LogP contribution in [0.25, 0.3) is 10.9 Å². The van der Waals surface area contributed by atoms with Gasteiger partial charge >= 0.3 is 5.97 Å². The molecule has 5 heteroatoms. The molecule has 1 unspecified atom stereocenters. The molecule has 1 aromatic heterocycles. The van der Waals surface area contributed by atoms with Crippen LogP contribution in [0.3, 0.4) is 0 Å². The minimum Gasteiger partial charge on any atom is -0.480 e. The fourth-order valence-corrected chi connectivity index (χ4v) is 2.88. The summed E-state index contributed by atoms with van der Waals surface area (Å²) in [5.74, 6) is -0.729. The van der Waals surface area contributed by atoms with Gasteiger partial charge in [0.25, 0.3) is 0 Å². The Kier molecular flexibility index (Phi) is 3.88. The third kappa shape index (κ3) is 3.13. The van der Waals surface area contributed by atoms with Crippen LogP contribution in [0.5, 0.6) is 0 Å². The van der Waals surface area contributed by atoms with Crippen molar-refractivity contribution in [2.45, 2.75) is 38.6 Å². The smallest absolute Gasteiger partial charge is 0.326 e. The highest BCUT2D eigenvalue weighted by molar-refractivity contribution is 5.91. The summed E-state index contributed by atoms with van der Waals surface area (Å²) in [5, 5.41) is 12.9. The van der Waals surface area contributed by atoms with E-state index in [1.807, 2.05) is 31.2 Å². The van der Waals surface area contributed by atoms with E-state index in [-0.39, 0.29) is 12.3 Å². The molecule has 1 saturated carbocycles. The Labute approximate surface area is 128 Å². The molecule has 1 aromatic carbocycles. The highest BCUT2D eigenvalue weighted by Gasteiger charge is 2.30. The molecule has 0 saturated heterocycles. The van der Waals surface area contributed by atoms with Crippen molar-refractivity contribution in [1.29, 1.82) is 0 Å². The van der Waals surface area contributed by atoms with Crippen molar-refractivity contribution in [3.8, 4) is 0 Å². The second kappa shape index (κ2) is 5.83. The van der Waals surface area contributed by atoms with Crippen molar-refractivity contribution in [3.63, 3.8) is 0 Å². The molecular formula is C17H20N2O3. The zero-order valence-electron chi connectivity index (χ0n) is 12.6. The Balaban J connectivity index is 1.72. The van der Waals surface area contributed by atoms with E-state index in [0.29, 0.717) is 12.3 Å². The fourth-order valence-electron chi connectivity index (χ4n) is 2.88. The topological polar surface area (TPSA) is 82.2 Å². The predicted octanol–water partition coefficient (Wildman–Crippen LogP) is 2.39. The summed E-state index contributed by atoms with van der Waals surface area (Å²) in [6, 6.07) is 7.05. The van der Waals surface area contributed by atoms with Gasteiger partial charge in [0, 0.05) is 16.6 Å². The van der Waals surface area contributed by atoms with Crippen LogP contribution in [0.1, 0.15) is 30.5 Å². The number of carbonyl (C=O) groups is 2. The number of nitrogens with one attached hydrogen (secondary N) is 2. The SMILES string of the molecule is Cc1[nH]c2ccccc2c1CC(=O)NC(CC1CC1)C(=O)O. The first-order chi connectivity index (χ1) is 10.5. The van der Waals surface area contributed by atoms with E-state index >= 15 is 0 Å². The van der Waals surface area contributed by atoms with Gasteiger partial charge in [0.15, 0.2) is 0 Å². The second-order valence-electron chi connectivity index (χ2n) is 6.09. The van der Waals surface area contributed by atoms with Crippen LogP contribution in [0.4, 0.5) is 0 Å². The van der Waals surface area contributed by atoms with E-state index in [2.05, 4.69) is 10.3 Å². The maximum absolute atomic E-state index is 12.2. The van der Waals surface area contributed by atoms with E-state index in [9.17, 15) is 14.7 Å². The van der Waals surface area contributed by atoms with Crippen LogP contribution in [-0.2, 0) is 16.0 Å². The third-order valence-corrected chi connectivity index (χ3v) is 4.26. The molecule has 2 aromatic rings. The molecule has 116 valence electrons. The number of aromatic nitrogens is 1. The Hall–Kier alpha value is -2.30. The normalized spacial score (nSPS) is 15.7. The zero-order chi connectivity index (χ0) is 15.7. The van der Waals surface area contributed by atoms with Crippen molar-refractivity contribution in [2.75, 3.05) is 0 Å². The molecule has 1 atom stereocenters. The number of rotatable bonds is 6. The van der Waals surface area contributed by atoms with E-state index in [4.69, 9.17) is 0 Å². The average Bonchev–Trinajstić information content (AvgIpc) is 3.23. The van der Waals surface area contributed by atoms with Crippen LogP contribution in [-0.4, -0.2) is 28.0 Å². The standard InChI is InChI=1S/C17H20N2O3/c1-10-13(12-4-2-3-5-14(12)18-10)9-16(20)19-15(17(21)22)8-11-6-7-11/h2-5,11,15,18H,6-9H2,1H3,(H,19,20)(H,21,22). The molecule has 1 fully saturated rings. The molecule has 1 amide bonds. The van der Waals surface area contributed by atoms with Crippen LogP contribution >= 0.6 is 0 Å². The number of aromatic amines is 1. The van der Waals surface area contributed by atoms with Crippen molar-refractivity contribution in [1.82, 2.24) is 10.3 Å². The lowest BCUT2D eigenvalue weighted by molar-refractivity contribution is -0.142. The van der Waals surface area contributed by atoms with Crippen molar-refractivity contribution in [3.05, 3.63) is 35.5 Å². The van der Waals surface area contributed by atoms with Gasteiger partial charge in [-0.2, -0.15) is 0 Å². The Morgan fingerprint density at radius 3 is 2.77 bits per heavy atom. The van der Waals surface area contributed by atoms with Gasteiger partial charge in [0.05, 0.1) is 6.42 Å². The number of carboxylic acid groups (broad SMARTS) is 1. The van der Waals surface area contributed by atoms with E-state index in [1.165, 1.54) is 0 Å². The molecule has 22 heavy (non-hydrogen) atoms. The number of carboxylic acids is 1. The fraction of sp³-hybridized carbons (Fsp3) is 0.412. The molecule has 3 N–H and O–H groups in total. The molecule has 5 nitrogen and oxygen atoms in total. The number of H-pyrrole nitrogens is 1. The van der Waals surface area contributed by atoms with Gasteiger partial charge < -0.3 is 15.4 Å². The largest absolute Gasteiger partial charge is 0.480 e. The Morgan fingerprint density at radius 1 is 1.36 bits per heavy atom. The summed E-state index contributed by atoms with van der Waals surface area (Å²) < 4.78 is 0. The summed E-state index contributed by atoms with van der Waals surface area (Å²) in [5.41, 5.74) is 2.88. The van der Waals surface area contributed by atoms with Gasteiger partial charge in [-0.1, -0.05) is 31.0 Å². The number of amides is 1. The van der Waals surface area contributed by atoms with Crippen LogP contribution in [0.2, 0.25) is 0 Å². The molecule has 0 spiro atoms. The lowest BCUT2D eigenvalue weighted by atomic mass is 10.1. The lowest BCUT2D eigenvalue weighted by Gasteiger charge is -2.14. The highest BCUT2D eigenvalue weighted by Crippen LogP contribution is 2.33. The van der Waals surface area contributed by atoms with Crippen molar-refractivity contribution < 1.29 is 14.7 Å². The Morgan fingerprint density at radius 2 is 2.09 bits per heavy atom. The quantitative estimate of drug-likeness (QED) is 0.766.